The van der Waals surface area contributed by atoms with E-state index in [4.69, 9.17) is 0 Å². The predicted molar refractivity (Wildman–Crippen MR) is 81.9 cm³/mol. The van der Waals surface area contributed by atoms with Crippen molar-refractivity contribution < 1.29 is 0 Å². The molecule has 2 heterocycles. The van der Waals surface area contributed by atoms with Crippen LogP contribution in [0, 0.1) is 6.92 Å². The number of piperazine rings is 1. The van der Waals surface area contributed by atoms with Crippen LogP contribution in [0.5, 0.6) is 0 Å². The van der Waals surface area contributed by atoms with E-state index in [1.807, 2.05) is 12.3 Å². The van der Waals surface area contributed by atoms with Crippen molar-refractivity contribution in [1.82, 2.24) is 9.79 Å². The largest absolute Gasteiger partial charge is 0.367 e. The summed E-state index contributed by atoms with van der Waals surface area (Å²) in [6, 6.07) is 8.61. The molecule has 1 saturated heterocycles. The van der Waals surface area contributed by atoms with Crippen molar-refractivity contribution in [3.8, 4) is 0 Å². The quantitative estimate of drug-likeness (QED) is 0.765. The van der Waals surface area contributed by atoms with Crippen LogP contribution in [0.4, 0.5) is 5.69 Å². The van der Waals surface area contributed by atoms with Crippen LogP contribution in [0.15, 0.2) is 30.5 Å². The second-order valence-corrected chi connectivity index (χ2v) is 5.08. The highest BCUT2D eigenvalue weighted by atomic mass is 15.2. The lowest BCUT2D eigenvalue weighted by atomic mass is 9.94. The third-order valence-corrected chi connectivity index (χ3v) is 3.99. The average Bonchev–Trinajstić information content (AvgIpc) is 2.48. The van der Waals surface area contributed by atoms with Crippen LogP contribution in [0.1, 0.15) is 5.56 Å². The molecule has 1 aromatic carbocycles. The van der Waals surface area contributed by atoms with E-state index in [0.717, 1.165) is 31.7 Å². The van der Waals surface area contributed by atoms with Crippen molar-refractivity contribution in [2.45, 2.75) is 13.7 Å². The second kappa shape index (κ2) is 5.21. The van der Waals surface area contributed by atoms with Gasteiger partial charge in [-0.15, -0.1) is 0 Å². The summed E-state index contributed by atoms with van der Waals surface area (Å²) >= 11 is 0. The lowest BCUT2D eigenvalue weighted by molar-refractivity contribution is 0.408. The van der Waals surface area contributed by atoms with Gasteiger partial charge in [-0.3, -0.25) is 4.98 Å². The predicted octanol–water partition coefficient (Wildman–Crippen LogP) is 2.33. The average molecular weight is 252 g/mol. The van der Waals surface area contributed by atoms with Gasteiger partial charge in [0.15, 0.2) is 0 Å². The summed E-state index contributed by atoms with van der Waals surface area (Å²) in [6.07, 6.45) is 1.89. The number of aryl methyl sites for hydroxylation is 1. The molecule has 1 aliphatic heterocycles. The van der Waals surface area contributed by atoms with E-state index in [0.29, 0.717) is 0 Å². The molecule has 3 nitrogen and oxygen atoms in total. The van der Waals surface area contributed by atoms with Crippen molar-refractivity contribution in [2.75, 3.05) is 31.1 Å². The van der Waals surface area contributed by atoms with Crippen LogP contribution in [-0.2, 0) is 0 Å². The number of rotatable bonds is 2. The van der Waals surface area contributed by atoms with Crippen molar-refractivity contribution >= 4 is 24.0 Å². The van der Waals surface area contributed by atoms with Gasteiger partial charge in [0, 0.05) is 37.8 Å². The van der Waals surface area contributed by atoms with E-state index >= 15 is 0 Å². The second-order valence-electron chi connectivity index (χ2n) is 5.08. The zero-order chi connectivity index (χ0) is 13.2. The third kappa shape index (κ3) is 2.33. The Morgan fingerprint density at radius 3 is 2.63 bits per heavy atom. The molecule has 4 heteroatoms. The molecule has 3 rings (SSSR count). The van der Waals surface area contributed by atoms with Crippen molar-refractivity contribution in [3.05, 3.63) is 36.0 Å². The summed E-state index contributed by atoms with van der Waals surface area (Å²) in [5.74, 6) is 0. The van der Waals surface area contributed by atoms with E-state index in [1.165, 1.54) is 16.6 Å². The van der Waals surface area contributed by atoms with Gasteiger partial charge in [-0.05, 0) is 24.6 Å². The normalized spacial score (nSPS) is 16.8. The van der Waals surface area contributed by atoms with E-state index in [1.54, 1.807) is 0 Å². The highest BCUT2D eigenvalue weighted by Crippen LogP contribution is 2.28. The lowest BCUT2D eigenvalue weighted by Gasteiger charge is -2.36. The van der Waals surface area contributed by atoms with E-state index in [9.17, 15) is 0 Å². The Balaban J connectivity index is 1.95. The monoisotopic (exact) mass is 252 g/mol. The molecule has 0 unspecified atom stereocenters. The number of benzene rings is 1. The van der Waals surface area contributed by atoms with Gasteiger partial charge in [-0.2, -0.15) is 0 Å². The van der Waals surface area contributed by atoms with Crippen LogP contribution in [-0.4, -0.2) is 43.4 Å². The van der Waals surface area contributed by atoms with Gasteiger partial charge in [0.05, 0.1) is 11.2 Å². The molecule has 0 spiro atoms. The minimum atomic E-state index is 1.07. The summed E-state index contributed by atoms with van der Waals surface area (Å²) in [4.78, 5) is 9.42. The first-order valence-electron chi connectivity index (χ1n) is 6.92. The van der Waals surface area contributed by atoms with Gasteiger partial charge in [0.1, 0.15) is 0 Å². The van der Waals surface area contributed by atoms with Gasteiger partial charge in [0.25, 0.3) is 0 Å². The topological polar surface area (TPSA) is 19.4 Å². The summed E-state index contributed by atoms with van der Waals surface area (Å²) in [6.45, 7) is 8.59. The molecule has 1 radical (unpaired) electrons. The number of nitrogens with zero attached hydrogens (tertiary/aromatic N) is 3. The molecule has 19 heavy (non-hydrogen) atoms. The Morgan fingerprint density at radius 1 is 1.11 bits per heavy atom. The molecule has 0 amide bonds. The summed E-state index contributed by atoms with van der Waals surface area (Å²) < 4.78 is 0. The fourth-order valence-electron chi connectivity index (χ4n) is 2.78. The fourth-order valence-corrected chi connectivity index (χ4v) is 2.78. The summed E-state index contributed by atoms with van der Waals surface area (Å²) in [5, 5.41) is 1.27. The number of anilines is 1. The minimum absolute atomic E-state index is 1.07. The minimum Gasteiger partial charge on any atom is -0.367 e. The zero-order valence-electron chi connectivity index (χ0n) is 11.6. The maximum atomic E-state index is 4.59. The molecule has 0 atom stereocenters. The number of pyridine rings is 1. The standard InChI is InChI=1S/C15H19BN3/c1-12-5-6-14(15-13(12)4-3-7-17-15)18-8-10-19(16-2)11-9-18/h3-7H,8-11H2,1-2H3. The van der Waals surface area contributed by atoms with Gasteiger partial charge in [0.2, 0.25) is 7.41 Å². The molecule has 1 aromatic heterocycles. The maximum Gasteiger partial charge on any atom is 0.205 e. The van der Waals surface area contributed by atoms with Gasteiger partial charge >= 0.3 is 0 Å². The first kappa shape index (κ1) is 12.5. The number of fused-ring (bicyclic) bond motifs is 1. The fraction of sp³-hybridized carbons (Fsp3) is 0.400. The van der Waals surface area contributed by atoms with Crippen molar-refractivity contribution in [1.29, 1.82) is 0 Å². The number of hydrogen-bond donors (Lipinski definition) is 0. The maximum absolute atomic E-state index is 4.59. The van der Waals surface area contributed by atoms with Crippen LogP contribution in [0.2, 0.25) is 6.82 Å². The molecule has 0 bridgehead atoms. The van der Waals surface area contributed by atoms with Gasteiger partial charge in [-0.1, -0.05) is 19.0 Å². The van der Waals surface area contributed by atoms with Crippen molar-refractivity contribution in [2.24, 2.45) is 0 Å². The molecular weight excluding hydrogens is 233 g/mol. The van der Waals surface area contributed by atoms with Gasteiger partial charge < -0.3 is 9.71 Å². The smallest absolute Gasteiger partial charge is 0.205 e. The summed E-state index contributed by atoms with van der Waals surface area (Å²) in [5.41, 5.74) is 3.71. The number of hydrogen-bond acceptors (Lipinski definition) is 3. The molecule has 2 aromatic rings. The van der Waals surface area contributed by atoms with Crippen LogP contribution in [0.25, 0.3) is 10.9 Å². The number of aromatic nitrogens is 1. The Morgan fingerprint density at radius 2 is 1.89 bits per heavy atom. The van der Waals surface area contributed by atoms with E-state index < -0.39 is 0 Å². The van der Waals surface area contributed by atoms with Crippen molar-refractivity contribution in [3.63, 3.8) is 0 Å². The Hall–Kier alpha value is -1.55. The van der Waals surface area contributed by atoms with Crippen LogP contribution in [0.3, 0.4) is 0 Å². The summed E-state index contributed by atoms with van der Waals surface area (Å²) in [7, 11) is 2.18. The zero-order valence-corrected chi connectivity index (χ0v) is 11.6. The van der Waals surface area contributed by atoms with Crippen LogP contribution >= 0.6 is 0 Å². The van der Waals surface area contributed by atoms with E-state index in [2.05, 4.69) is 54.1 Å². The SMILES string of the molecule is C[B]N1CCN(c2ccc(C)c3cccnc23)CC1. The Bertz CT molecular complexity index is 577. The highest BCUT2D eigenvalue weighted by Gasteiger charge is 2.18. The molecule has 0 aliphatic carbocycles. The molecule has 1 fully saturated rings. The van der Waals surface area contributed by atoms with Crippen LogP contribution < -0.4 is 4.90 Å². The Kier molecular flexibility index (Phi) is 3.43. The molecule has 0 saturated carbocycles. The first-order chi connectivity index (χ1) is 9.29. The highest BCUT2D eigenvalue weighted by molar-refractivity contribution is 6.29. The van der Waals surface area contributed by atoms with E-state index in [-0.39, 0.29) is 0 Å². The lowest BCUT2D eigenvalue weighted by Crippen LogP contribution is -2.47. The molecule has 97 valence electrons. The Labute approximate surface area is 115 Å². The molecule has 0 N–H and O–H groups in total. The molecule has 1 aliphatic rings. The third-order valence-electron chi connectivity index (χ3n) is 3.99. The van der Waals surface area contributed by atoms with Gasteiger partial charge in [-0.25, -0.2) is 0 Å². The first-order valence-corrected chi connectivity index (χ1v) is 6.92. The molecular formula is C15H19BN3.